The van der Waals surface area contributed by atoms with Crippen LogP contribution in [0.25, 0.3) is 10.9 Å². The standard InChI is InChI=1S/C17H23N3O/c1-20(16(10-18)12-6-7-12)17(21)9-8-13-11-19-15-5-3-2-4-14(13)15/h2-5,11-12,16,19H,6-10,18H2,1H3. The Morgan fingerprint density at radius 1 is 1.43 bits per heavy atom. The van der Waals surface area contributed by atoms with Gasteiger partial charge in [0.2, 0.25) is 5.91 Å². The van der Waals surface area contributed by atoms with Crippen molar-refractivity contribution in [3.8, 4) is 0 Å². The van der Waals surface area contributed by atoms with Crippen LogP contribution >= 0.6 is 0 Å². The fourth-order valence-corrected chi connectivity index (χ4v) is 3.09. The number of likely N-dealkylation sites (N-methyl/N-ethyl adjacent to an activating group) is 1. The Labute approximate surface area is 125 Å². The molecule has 1 aromatic heterocycles. The second-order valence-corrected chi connectivity index (χ2v) is 6.00. The number of carbonyl (C=O) groups is 1. The summed E-state index contributed by atoms with van der Waals surface area (Å²) in [4.78, 5) is 17.5. The summed E-state index contributed by atoms with van der Waals surface area (Å²) < 4.78 is 0. The second-order valence-electron chi connectivity index (χ2n) is 6.00. The summed E-state index contributed by atoms with van der Waals surface area (Å²) in [6.07, 6.45) is 5.75. The van der Waals surface area contributed by atoms with Gasteiger partial charge in [-0.2, -0.15) is 0 Å². The molecule has 1 aromatic carbocycles. The van der Waals surface area contributed by atoms with Crippen LogP contribution in [0, 0.1) is 5.92 Å². The molecule has 1 atom stereocenters. The van der Waals surface area contributed by atoms with Crippen molar-refractivity contribution in [1.29, 1.82) is 0 Å². The van der Waals surface area contributed by atoms with Gasteiger partial charge in [-0.1, -0.05) is 18.2 Å². The van der Waals surface area contributed by atoms with Gasteiger partial charge in [-0.15, -0.1) is 0 Å². The predicted molar refractivity (Wildman–Crippen MR) is 85.0 cm³/mol. The maximum Gasteiger partial charge on any atom is 0.222 e. The van der Waals surface area contributed by atoms with E-state index in [1.807, 2.05) is 30.3 Å². The number of nitrogens with two attached hydrogens (primary N) is 1. The highest BCUT2D eigenvalue weighted by atomic mass is 16.2. The first-order chi connectivity index (χ1) is 10.2. The number of aromatic nitrogens is 1. The Bertz CT molecular complexity index is 630. The highest BCUT2D eigenvalue weighted by Gasteiger charge is 2.34. The van der Waals surface area contributed by atoms with E-state index in [2.05, 4.69) is 17.1 Å². The first-order valence-corrected chi connectivity index (χ1v) is 7.71. The Morgan fingerprint density at radius 2 is 2.19 bits per heavy atom. The van der Waals surface area contributed by atoms with Crippen molar-refractivity contribution in [2.75, 3.05) is 13.6 Å². The third-order valence-electron chi connectivity index (χ3n) is 4.58. The van der Waals surface area contributed by atoms with E-state index in [4.69, 9.17) is 5.73 Å². The molecule has 3 N–H and O–H groups in total. The van der Waals surface area contributed by atoms with Crippen molar-refractivity contribution < 1.29 is 4.79 Å². The summed E-state index contributed by atoms with van der Waals surface area (Å²) >= 11 is 0. The first kappa shape index (κ1) is 14.1. The fraction of sp³-hybridized carbons (Fsp3) is 0.471. The third-order valence-corrected chi connectivity index (χ3v) is 4.58. The number of carbonyl (C=O) groups excluding carboxylic acids is 1. The molecule has 0 spiro atoms. The average molecular weight is 285 g/mol. The van der Waals surface area contributed by atoms with Crippen molar-refractivity contribution >= 4 is 16.8 Å². The topological polar surface area (TPSA) is 62.1 Å². The highest BCUT2D eigenvalue weighted by Crippen LogP contribution is 2.34. The summed E-state index contributed by atoms with van der Waals surface area (Å²) in [5.74, 6) is 0.819. The SMILES string of the molecule is CN(C(=O)CCc1c[nH]c2ccccc12)C(CN)C1CC1. The number of hydrogen-bond donors (Lipinski definition) is 2. The van der Waals surface area contributed by atoms with Crippen molar-refractivity contribution in [2.24, 2.45) is 11.7 Å². The van der Waals surface area contributed by atoms with Crippen LogP contribution in [0.15, 0.2) is 30.5 Å². The van der Waals surface area contributed by atoms with Crippen LogP contribution in [0.2, 0.25) is 0 Å². The van der Waals surface area contributed by atoms with Gasteiger partial charge in [0.1, 0.15) is 0 Å². The zero-order chi connectivity index (χ0) is 14.8. The normalized spacial score (nSPS) is 16.1. The molecule has 112 valence electrons. The van der Waals surface area contributed by atoms with Crippen LogP contribution < -0.4 is 5.73 Å². The smallest absolute Gasteiger partial charge is 0.222 e. The van der Waals surface area contributed by atoms with Gasteiger partial charge in [-0.25, -0.2) is 0 Å². The minimum Gasteiger partial charge on any atom is -0.361 e. The molecule has 1 aliphatic carbocycles. The zero-order valence-electron chi connectivity index (χ0n) is 12.5. The van der Waals surface area contributed by atoms with E-state index >= 15 is 0 Å². The van der Waals surface area contributed by atoms with Gasteiger partial charge in [0.05, 0.1) is 0 Å². The van der Waals surface area contributed by atoms with Crippen molar-refractivity contribution in [3.63, 3.8) is 0 Å². The van der Waals surface area contributed by atoms with E-state index in [9.17, 15) is 4.79 Å². The summed E-state index contributed by atoms with van der Waals surface area (Å²) in [7, 11) is 1.90. The third kappa shape index (κ3) is 2.95. The highest BCUT2D eigenvalue weighted by molar-refractivity contribution is 5.84. The quantitative estimate of drug-likeness (QED) is 0.855. The van der Waals surface area contributed by atoms with Crippen LogP contribution in [0.3, 0.4) is 0 Å². The monoisotopic (exact) mass is 285 g/mol. The number of nitrogens with zero attached hydrogens (tertiary/aromatic N) is 1. The van der Waals surface area contributed by atoms with Gasteiger partial charge in [0.25, 0.3) is 0 Å². The molecule has 0 aliphatic heterocycles. The molecule has 4 nitrogen and oxygen atoms in total. The number of rotatable bonds is 6. The van der Waals surface area contributed by atoms with Crippen molar-refractivity contribution in [3.05, 3.63) is 36.0 Å². The minimum absolute atomic E-state index is 0.197. The largest absolute Gasteiger partial charge is 0.361 e. The number of fused-ring (bicyclic) bond motifs is 1. The molecule has 1 unspecified atom stereocenters. The predicted octanol–water partition coefficient (Wildman–Crippen LogP) is 2.30. The van der Waals surface area contributed by atoms with Gasteiger partial charge in [0.15, 0.2) is 0 Å². The number of hydrogen-bond acceptors (Lipinski definition) is 2. The van der Waals surface area contributed by atoms with Gasteiger partial charge in [-0.3, -0.25) is 4.79 Å². The Kier molecular flexibility index (Phi) is 3.97. The molecule has 2 aromatic rings. The molecule has 0 saturated heterocycles. The second kappa shape index (κ2) is 5.90. The minimum atomic E-state index is 0.197. The molecule has 0 radical (unpaired) electrons. The van der Waals surface area contributed by atoms with E-state index in [-0.39, 0.29) is 11.9 Å². The number of nitrogens with one attached hydrogen (secondary N) is 1. The Hall–Kier alpha value is -1.81. The number of amides is 1. The molecule has 0 bridgehead atoms. The maximum absolute atomic E-state index is 12.4. The van der Waals surface area contributed by atoms with Crippen LogP contribution in [0.5, 0.6) is 0 Å². The summed E-state index contributed by atoms with van der Waals surface area (Å²) in [5.41, 5.74) is 8.16. The molecular weight excluding hydrogens is 262 g/mol. The molecule has 4 heteroatoms. The summed E-state index contributed by atoms with van der Waals surface area (Å²) in [5, 5.41) is 1.21. The van der Waals surface area contributed by atoms with E-state index in [0.717, 1.165) is 11.9 Å². The summed E-state index contributed by atoms with van der Waals surface area (Å²) in [6.45, 7) is 0.569. The van der Waals surface area contributed by atoms with Crippen molar-refractivity contribution in [1.82, 2.24) is 9.88 Å². The Balaban J connectivity index is 1.62. The number of benzene rings is 1. The summed E-state index contributed by atoms with van der Waals surface area (Å²) in [6, 6.07) is 8.43. The van der Waals surface area contributed by atoms with E-state index in [1.165, 1.54) is 23.8 Å². The molecule has 1 amide bonds. The lowest BCUT2D eigenvalue weighted by molar-refractivity contribution is -0.132. The van der Waals surface area contributed by atoms with E-state index < -0.39 is 0 Å². The molecule has 1 aliphatic rings. The number of para-hydroxylation sites is 1. The lowest BCUT2D eigenvalue weighted by Crippen LogP contribution is -2.43. The lowest BCUT2D eigenvalue weighted by Gasteiger charge is -2.27. The van der Waals surface area contributed by atoms with Gasteiger partial charge in [0, 0.05) is 43.2 Å². The average Bonchev–Trinajstić information content (AvgIpc) is 3.25. The van der Waals surface area contributed by atoms with Crippen LogP contribution in [0.4, 0.5) is 0 Å². The first-order valence-electron chi connectivity index (χ1n) is 7.71. The van der Waals surface area contributed by atoms with Gasteiger partial charge < -0.3 is 15.6 Å². The van der Waals surface area contributed by atoms with Gasteiger partial charge in [-0.05, 0) is 36.8 Å². The van der Waals surface area contributed by atoms with Crippen LogP contribution in [-0.4, -0.2) is 35.4 Å². The van der Waals surface area contributed by atoms with Crippen LogP contribution in [-0.2, 0) is 11.2 Å². The molecule has 1 heterocycles. The molecule has 1 saturated carbocycles. The van der Waals surface area contributed by atoms with Gasteiger partial charge >= 0.3 is 0 Å². The molecule has 3 rings (SSSR count). The lowest BCUT2D eigenvalue weighted by atomic mass is 10.1. The molecular formula is C17H23N3O. The fourth-order valence-electron chi connectivity index (χ4n) is 3.09. The molecule has 1 fully saturated rings. The number of H-pyrrole nitrogens is 1. The Morgan fingerprint density at radius 3 is 2.90 bits per heavy atom. The van der Waals surface area contributed by atoms with E-state index in [0.29, 0.717) is 18.9 Å². The van der Waals surface area contributed by atoms with E-state index in [1.54, 1.807) is 0 Å². The zero-order valence-corrected chi connectivity index (χ0v) is 12.5. The maximum atomic E-state index is 12.4. The number of aryl methyl sites for hydroxylation is 1. The van der Waals surface area contributed by atoms with Crippen LogP contribution in [0.1, 0.15) is 24.8 Å². The number of aromatic amines is 1. The molecule has 21 heavy (non-hydrogen) atoms. The van der Waals surface area contributed by atoms with Crippen molar-refractivity contribution in [2.45, 2.75) is 31.7 Å².